The van der Waals surface area contributed by atoms with E-state index in [0.717, 1.165) is 11.6 Å². The van der Waals surface area contributed by atoms with Crippen LogP contribution in [0.4, 0.5) is 8.78 Å². The van der Waals surface area contributed by atoms with Gasteiger partial charge in [-0.05, 0) is 27.6 Å². The van der Waals surface area contributed by atoms with Crippen LogP contribution in [0.15, 0.2) is 51.8 Å². The van der Waals surface area contributed by atoms with Gasteiger partial charge in [0.2, 0.25) is 10.0 Å². The smallest absolute Gasteiger partial charge is 0.207 e. The van der Waals surface area contributed by atoms with Gasteiger partial charge < -0.3 is 0 Å². The first kappa shape index (κ1) is 15.1. The molecule has 2 rings (SSSR count). The number of hydrogen-bond acceptors (Lipinski definition) is 2. The van der Waals surface area contributed by atoms with Gasteiger partial charge in [0, 0.05) is 17.1 Å². The largest absolute Gasteiger partial charge is 0.244 e. The van der Waals surface area contributed by atoms with Crippen LogP contribution in [0, 0.1) is 11.6 Å². The van der Waals surface area contributed by atoms with Gasteiger partial charge in [0.15, 0.2) is 0 Å². The maximum absolute atomic E-state index is 13.6. The van der Waals surface area contributed by atoms with Gasteiger partial charge >= 0.3 is 0 Å². The van der Waals surface area contributed by atoms with Gasteiger partial charge in [-0.2, -0.15) is 0 Å². The number of halogens is 3. The molecular weight excluding hydrogens is 352 g/mol. The van der Waals surface area contributed by atoms with Crippen LogP contribution in [0.25, 0.3) is 0 Å². The van der Waals surface area contributed by atoms with Crippen molar-refractivity contribution in [2.45, 2.75) is 11.4 Å². The summed E-state index contributed by atoms with van der Waals surface area (Å²) in [5.74, 6) is -1.99. The molecule has 7 heteroatoms. The fourth-order valence-corrected chi connectivity index (χ4v) is 3.81. The van der Waals surface area contributed by atoms with Gasteiger partial charge in [-0.1, -0.05) is 30.3 Å². The lowest BCUT2D eigenvalue weighted by Gasteiger charge is -2.09. The van der Waals surface area contributed by atoms with Gasteiger partial charge in [0.1, 0.15) is 16.5 Å². The summed E-state index contributed by atoms with van der Waals surface area (Å²) in [4.78, 5) is -0.602. The quantitative estimate of drug-likeness (QED) is 0.908. The highest BCUT2D eigenvalue weighted by Crippen LogP contribution is 2.26. The van der Waals surface area contributed by atoms with E-state index in [2.05, 4.69) is 20.7 Å². The molecular formula is C13H10BrF2NO2S. The molecule has 3 nitrogen and oxygen atoms in total. The summed E-state index contributed by atoms with van der Waals surface area (Å²) in [7, 11) is -4.08. The van der Waals surface area contributed by atoms with Crippen molar-refractivity contribution < 1.29 is 17.2 Å². The third-order valence-corrected chi connectivity index (χ3v) is 4.91. The lowest BCUT2D eigenvalue weighted by molar-refractivity contribution is 0.540. The predicted octanol–water partition coefficient (Wildman–Crippen LogP) is 3.21. The predicted molar refractivity (Wildman–Crippen MR) is 74.5 cm³/mol. The first-order valence-electron chi connectivity index (χ1n) is 5.58. The Hall–Kier alpha value is -1.31. The molecule has 0 fully saturated rings. The highest BCUT2D eigenvalue weighted by Gasteiger charge is 2.23. The minimum Gasteiger partial charge on any atom is -0.207 e. The van der Waals surface area contributed by atoms with Gasteiger partial charge in [0.25, 0.3) is 0 Å². The van der Waals surface area contributed by atoms with Gasteiger partial charge in [-0.25, -0.2) is 21.9 Å². The standard InChI is InChI=1S/C13H10BrF2NO2S/c14-11-6-10(15)7-12(16)13(11)20(18,19)17-8-9-4-2-1-3-5-9/h1-7,17H,8H2. The molecule has 106 valence electrons. The average Bonchev–Trinajstić information content (AvgIpc) is 2.36. The lowest BCUT2D eigenvalue weighted by atomic mass is 10.2. The number of nitrogens with one attached hydrogen (secondary N) is 1. The van der Waals surface area contributed by atoms with Crippen LogP contribution in [0.3, 0.4) is 0 Å². The van der Waals surface area contributed by atoms with E-state index < -0.39 is 26.6 Å². The van der Waals surface area contributed by atoms with Crippen LogP contribution < -0.4 is 4.72 Å². The van der Waals surface area contributed by atoms with Crippen molar-refractivity contribution in [2.75, 3.05) is 0 Å². The zero-order valence-electron chi connectivity index (χ0n) is 10.1. The minimum absolute atomic E-state index is 0.0203. The van der Waals surface area contributed by atoms with Gasteiger partial charge in [-0.15, -0.1) is 0 Å². The Balaban J connectivity index is 2.28. The number of rotatable bonds is 4. The first-order chi connectivity index (χ1) is 9.40. The Kier molecular flexibility index (Phi) is 4.52. The third-order valence-electron chi connectivity index (χ3n) is 2.54. The molecule has 0 aliphatic carbocycles. The summed E-state index contributed by atoms with van der Waals surface area (Å²) in [6.07, 6.45) is 0. The van der Waals surface area contributed by atoms with E-state index in [1.807, 2.05) is 0 Å². The first-order valence-corrected chi connectivity index (χ1v) is 7.86. The summed E-state index contributed by atoms with van der Waals surface area (Å²) in [6, 6.07) is 10.2. The second kappa shape index (κ2) is 5.99. The molecule has 0 heterocycles. The minimum atomic E-state index is -4.08. The van der Waals surface area contributed by atoms with Crippen molar-refractivity contribution in [3.8, 4) is 0 Å². The van der Waals surface area contributed by atoms with Crippen molar-refractivity contribution in [3.05, 3.63) is 64.1 Å². The van der Waals surface area contributed by atoms with E-state index in [-0.39, 0.29) is 11.0 Å². The maximum atomic E-state index is 13.6. The molecule has 0 aromatic heterocycles. The second-order valence-corrected chi connectivity index (χ2v) is 6.57. The molecule has 0 amide bonds. The van der Waals surface area contributed by atoms with Gasteiger partial charge in [-0.3, -0.25) is 0 Å². The summed E-state index contributed by atoms with van der Waals surface area (Å²) < 4.78 is 52.8. The van der Waals surface area contributed by atoms with Crippen LogP contribution in [0.5, 0.6) is 0 Å². The summed E-state index contributed by atoms with van der Waals surface area (Å²) in [6.45, 7) is 0.0203. The molecule has 0 radical (unpaired) electrons. The van der Waals surface area contributed by atoms with Crippen molar-refractivity contribution in [2.24, 2.45) is 0 Å². The zero-order valence-corrected chi connectivity index (χ0v) is 12.5. The molecule has 0 bridgehead atoms. The highest BCUT2D eigenvalue weighted by atomic mass is 79.9. The van der Waals surface area contributed by atoms with E-state index in [4.69, 9.17) is 0 Å². The molecule has 2 aromatic carbocycles. The number of sulfonamides is 1. The normalized spacial score (nSPS) is 11.6. The monoisotopic (exact) mass is 361 g/mol. The average molecular weight is 362 g/mol. The summed E-state index contributed by atoms with van der Waals surface area (Å²) >= 11 is 2.86. The van der Waals surface area contributed by atoms with E-state index in [1.165, 1.54) is 0 Å². The molecule has 0 aliphatic heterocycles. The van der Waals surface area contributed by atoms with Crippen molar-refractivity contribution >= 4 is 26.0 Å². The molecule has 0 saturated carbocycles. The highest BCUT2D eigenvalue weighted by molar-refractivity contribution is 9.10. The summed E-state index contributed by atoms with van der Waals surface area (Å²) in [5, 5.41) is 0. The molecule has 0 aliphatic rings. The molecule has 0 saturated heterocycles. The van der Waals surface area contributed by atoms with Crippen LogP contribution >= 0.6 is 15.9 Å². The van der Waals surface area contributed by atoms with E-state index in [0.29, 0.717) is 6.07 Å². The fourth-order valence-electron chi connectivity index (χ4n) is 1.63. The van der Waals surface area contributed by atoms with E-state index >= 15 is 0 Å². The van der Waals surface area contributed by atoms with E-state index in [9.17, 15) is 17.2 Å². The second-order valence-electron chi connectivity index (χ2n) is 4.01. The lowest BCUT2D eigenvalue weighted by Crippen LogP contribution is -2.24. The van der Waals surface area contributed by atoms with Gasteiger partial charge in [0.05, 0.1) is 0 Å². The van der Waals surface area contributed by atoms with Crippen molar-refractivity contribution in [3.63, 3.8) is 0 Å². The molecule has 0 spiro atoms. The van der Waals surface area contributed by atoms with Crippen LogP contribution in [0.2, 0.25) is 0 Å². The Morgan fingerprint density at radius 1 is 1.10 bits per heavy atom. The Labute approximate surface area is 123 Å². The molecule has 20 heavy (non-hydrogen) atoms. The topological polar surface area (TPSA) is 46.2 Å². The van der Waals surface area contributed by atoms with Crippen LogP contribution in [-0.2, 0) is 16.6 Å². The molecule has 2 aromatic rings. The maximum Gasteiger partial charge on any atom is 0.244 e. The van der Waals surface area contributed by atoms with E-state index in [1.54, 1.807) is 30.3 Å². The van der Waals surface area contributed by atoms with Crippen molar-refractivity contribution in [1.29, 1.82) is 0 Å². The fraction of sp³-hybridized carbons (Fsp3) is 0.0769. The Morgan fingerprint density at radius 2 is 1.75 bits per heavy atom. The number of hydrogen-bond donors (Lipinski definition) is 1. The third kappa shape index (κ3) is 3.41. The van der Waals surface area contributed by atoms with Crippen LogP contribution in [0.1, 0.15) is 5.56 Å². The summed E-state index contributed by atoms with van der Waals surface area (Å²) in [5.41, 5.74) is 0.731. The zero-order chi connectivity index (χ0) is 14.8. The Bertz CT molecular complexity index is 697. The van der Waals surface area contributed by atoms with Crippen LogP contribution in [-0.4, -0.2) is 8.42 Å². The van der Waals surface area contributed by atoms with Crippen molar-refractivity contribution in [1.82, 2.24) is 4.72 Å². The SMILES string of the molecule is O=S(=O)(NCc1ccccc1)c1c(F)cc(F)cc1Br. The Morgan fingerprint density at radius 3 is 2.35 bits per heavy atom. The molecule has 1 N–H and O–H groups in total. The molecule has 0 unspecified atom stereocenters. The number of benzene rings is 2. The molecule has 0 atom stereocenters.